The summed E-state index contributed by atoms with van der Waals surface area (Å²) < 4.78 is 10.8. The molecule has 0 aromatic rings. The van der Waals surface area contributed by atoms with E-state index >= 15 is 0 Å². The number of hydrogen-bond acceptors (Lipinski definition) is 6. The van der Waals surface area contributed by atoms with Gasteiger partial charge >= 0.3 is 11.9 Å². The molecule has 0 spiro atoms. The third kappa shape index (κ3) is 15.8. The average molecular weight is 550 g/mol. The van der Waals surface area contributed by atoms with Gasteiger partial charge in [-0.15, -0.1) is 0 Å². The minimum absolute atomic E-state index is 0.0179. The highest BCUT2D eigenvalue weighted by atomic mass is 16.5. The molecule has 0 amide bonds. The molecule has 0 aromatic heterocycles. The number of esters is 2. The van der Waals surface area contributed by atoms with E-state index in [1.165, 1.54) is 51.4 Å². The zero-order chi connectivity index (χ0) is 28.0. The lowest BCUT2D eigenvalue weighted by Crippen LogP contribution is -2.54. The summed E-state index contributed by atoms with van der Waals surface area (Å²) in [7, 11) is 0. The fourth-order valence-corrected chi connectivity index (χ4v) is 6.13. The Balaban J connectivity index is 1.32. The number of nitrogens with zero attached hydrogens (tertiary/aromatic N) is 1. The summed E-state index contributed by atoms with van der Waals surface area (Å²) in [5.41, 5.74) is 0.385. The van der Waals surface area contributed by atoms with Gasteiger partial charge in [0.15, 0.2) is 0 Å². The maximum absolute atomic E-state index is 11.9. The van der Waals surface area contributed by atoms with Crippen LogP contribution in [0.2, 0.25) is 0 Å². The van der Waals surface area contributed by atoms with Gasteiger partial charge in [-0.05, 0) is 70.4 Å². The Morgan fingerprint density at radius 2 is 1.18 bits per heavy atom. The molecule has 226 valence electrons. The first kappa shape index (κ1) is 33.8. The molecule has 0 radical (unpaired) electrons. The van der Waals surface area contributed by atoms with Gasteiger partial charge in [-0.3, -0.25) is 14.5 Å². The third-order valence-corrected chi connectivity index (χ3v) is 8.76. The standard InChI is InChI=1S/C33H59NO5/c1-2-3-4-5-6-13-18-25-38-31(36)19-14-9-7-11-16-21-34(23-24-35)22-17-12-8-10-15-20-32(37)39-29-33-26-30(27-33)28-33/h24,30H,2-23,25-29H2,1H3. The van der Waals surface area contributed by atoms with Crippen molar-refractivity contribution in [2.24, 2.45) is 11.3 Å². The Morgan fingerprint density at radius 3 is 1.69 bits per heavy atom. The molecule has 0 aliphatic heterocycles. The van der Waals surface area contributed by atoms with Gasteiger partial charge in [0, 0.05) is 18.3 Å². The van der Waals surface area contributed by atoms with Gasteiger partial charge < -0.3 is 14.3 Å². The molecule has 2 bridgehead atoms. The maximum Gasteiger partial charge on any atom is 0.305 e. The van der Waals surface area contributed by atoms with E-state index in [9.17, 15) is 14.4 Å². The molecule has 0 atom stereocenters. The molecule has 6 heteroatoms. The number of rotatable bonds is 28. The molecular formula is C33H59NO5. The van der Waals surface area contributed by atoms with E-state index in [4.69, 9.17) is 9.47 Å². The van der Waals surface area contributed by atoms with Crippen molar-refractivity contribution in [2.75, 3.05) is 32.8 Å². The van der Waals surface area contributed by atoms with Gasteiger partial charge in [0.2, 0.25) is 0 Å². The van der Waals surface area contributed by atoms with Crippen LogP contribution in [0.4, 0.5) is 0 Å². The fourth-order valence-electron chi connectivity index (χ4n) is 6.13. The lowest BCUT2D eigenvalue weighted by molar-refractivity contribution is -0.174. The first-order valence-corrected chi connectivity index (χ1v) is 16.5. The molecule has 39 heavy (non-hydrogen) atoms. The highest BCUT2D eigenvalue weighted by Gasteiger charge is 2.57. The molecule has 0 heterocycles. The molecule has 0 unspecified atom stereocenters. The molecule has 3 fully saturated rings. The van der Waals surface area contributed by atoms with Crippen molar-refractivity contribution in [3.8, 4) is 0 Å². The SMILES string of the molecule is CCCCCCCCCOC(=O)CCCCCCCN(CC=O)CCCCCCCC(=O)OCC12CC(C1)C2. The predicted octanol–water partition coefficient (Wildman–Crippen LogP) is 7.81. The van der Waals surface area contributed by atoms with Gasteiger partial charge in [-0.2, -0.15) is 0 Å². The normalized spacial score (nSPS) is 19.4. The van der Waals surface area contributed by atoms with Crippen molar-refractivity contribution in [2.45, 2.75) is 148 Å². The molecule has 3 rings (SSSR count). The maximum atomic E-state index is 11.9. The summed E-state index contributed by atoms with van der Waals surface area (Å²) in [6, 6.07) is 0. The topological polar surface area (TPSA) is 72.9 Å². The molecular weight excluding hydrogens is 490 g/mol. The Hall–Kier alpha value is -1.43. The van der Waals surface area contributed by atoms with Crippen molar-refractivity contribution in [1.82, 2.24) is 4.90 Å². The smallest absolute Gasteiger partial charge is 0.305 e. The predicted molar refractivity (Wildman–Crippen MR) is 158 cm³/mol. The largest absolute Gasteiger partial charge is 0.466 e. The summed E-state index contributed by atoms with van der Waals surface area (Å²) in [6.45, 7) is 5.91. The summed E-state index contributed by atoms with van der Waals surface area (Å²) >= 11 is 0. The number of aldehydes is 1. The minimum Gasteiger partial charge on any atom is -0.466 e. The van der Waals surface area contributed by atoms with Crippen LogP contribution in [-0.4, -0.2) is 56.0 Å². The number of carbonyl (C=O) groups excluding carboxylic acids is 3. The Labute approximate surface area is 239 Å². The minimum atomic E-state index is -0.0435. The van der Waals surface area contributed by atoms with Crippen molar-refractivity contribution < 1.29 is 23.9 Å². The molecule has 0 aromatic carbocycles. The molecule has 0 N–H and O–H groups in total. The Bertz CT molecular complexity index is 649. The molecule has 0 saturated heterocycles. The van der Waals surface area contributed by atoms with E-state index < -0.39 is 0 Å². The van der Waals surface area contributed by atoms with Crippen molar-refractivity contribution in [3.05, 3.63) is 0 Å². The van der Waals surface area contributed by atoms with Crippen molar-refractivity contribution in [3.63, 3.8) is 0 Å². The molecule has 6 nitrogen and oxygen atoms in total. The molecule has 3 saturated carbocycles. The van der Waals surface area contributed by atoms with Crippen molar-refractivity contribution >= 4 is 18.2 Å². The second kappa shape index (κ2) is 21.3. The Morgan fingerprint density at radius 1 is 0.692 bits per heavy atom. The highest BCUT2D eigenvalue weighted by molar-refractivity contribution is 5.69. The zero-order valence-electron chi connectivity index (χ0n) is 25.2. The summed E-state index contributed by atoms with van der Waals surface area (Å²) in [5.74, 6) is 0.873. The Kier molecular flexibility index (Phi) is 18.5. The fraction of sp³-hybridized carbons (Fsp3) is 0.909. The number of unbranched alkanes of at least 4 members (excludes halogenated alkanes) is 14. The summed E-state index contributed by atoms with van der Waals surface area (Å²) in [6.07, 6.45) is 25.3. The number of carbonyl (C=O) groups is 3. The van der Waals surface area contributed by atoms with Crippen LogP contribution in [0.15, 0.2) is 0 Å². The lowest BCUT2D eigenvalue weighted by atomic mass is 9.45. The highest BCUT2D eigenvalue weighted by Crippen LogP contribution is 2.64. The number of hydrogen-bond donors (Lipinski definition) is 0. The van der Waals surface area contributed by atoms with E-state index in [1.807, 2.05) is 0 Å². The first-order chi connectivity index (χ1) is 19.1. The monoisotopic (exact) mass is 549 g/mol. The molecule has 3 aliphatic rings. The van der Waals surface area contributed by atoms with Gasteiger partial charge in [-0.25, -0.2) is 0 Å². The van der Waals surface area contributed by atoms with Crippen LogP contribution in [0.1, 0.15) is 148 Å². The van der Waals surface area contributed by atoms with Crippen LogP contribution in [-0.2, 0) is 23.9 Å². The van der Waals surface area contributed by atoms with Crippen LogP contribution >= 0.6 is 0 Å². The zero-order valence-corrected chi connectivity index (χ0v) is 25.2. The van der Waals surface area contributed by atoms with E-state index in [2.05, 4.69) is 11.8 Å². The van der Waals surface area contributed by atoms with Crippen LogP contribution in [0.5, 0.6) is 0 Å². The van der Waals surface area contributed by atoms with E-state index in [-0.39, 0.29) is 11.9 Å². The van der Waals surface area contributed by atoms with Gasteiger partial charge in [0.25, 0.3) is 0 Å². The van der Waals surface area contributed by atoms with Crippen LogP contribution in [0.3, 0.4) is 0 Å². The van der Waals surface area contributed by atoms with Gasteiger partial charge in [0.1, 0.15) is 6.29 Å². The van der Waals surface area contributed by atoms with Crippen LogP contribution < -0.4 is 0 Å². The van der Waals surface area contributed by atoms with E-state index in [1.54, 1.807) is 0 Å². The second-order valence-electron chi connectivity index (χ2n) is 12.5. The summed E-state index contributed by atoms with van der Waals surface area (Å²) in [4.78, 5) is 37.1. The van der Waals surface area contributed by atoms with Crippen LogP contribution in [0.25, 0.3) is 0 Å². The summed E-state index contributed by atoms with van der Waals surface area (Å²) in [5, 5.41) is 0. The van der Waals surface area contributed by atoms with Crippen LogP contribution in [0, 0.1) is 11.3 Å². The second-order valence-corrected chi connectivity index (χ2v) is 12.5. The van der Waals surface area contributed by atoms with Gasteiger partial charge in [0.05, 0.1) is 19.8 Å². The van der Waals surface area contributed by atoms with Gasteiger partial charge in [-0.1, -0.05) is 84.0 Å². The quantitative estimate of drug-likeness (QED) is 0.0563. The average Bonchev–Trinajstić information content (AvgIpc) is 2.87. The van der Waals surface area contributed by atoms with Crippen molar-refractivity contribution in [1.29, 1.82) is 0 Å². The van der Waals surface area contributed by atoms with E-state index in [0.717, 1.165) is 102 Å². The lowest BCUT2D eigenvalue weighted by Gasteiger charge is -2.61. The molecule has 3 aliphatic carbocycles. The first-order valence-electron chi connectivity index (χ1n) is 16.5. The van der Waals surface area contributed by atoms with E-state index in [0.29, 0.717) is 38.0 Å². The number of ether oxygens (including phenoxy) is 2. The third-order valence-electron chi connectivity index (χ3n) is 8.76.